The molecule has 1 aliphatic heterocycles. The first-order chi connectivity index (χ1) is 13.2. The van der Waals surface area contributed by atoms with Crippen LogP contribution in [-0.2, 0) is 4.79 Å². The number of hydrogen-bond donors (Lipinski definition) is 1. The topological polar surface area (TPSA) is 77.0 Å². The number of carbonyl (C=O) groups excluding carboxylic acids is 1. The summed E-state index contributed by atoms with van der Waals surface area (Å²) in [6.45, 7) is 1.91. The molecule has 2 N–H and O–H groups in total. The molecular weight excluding hydrogens is 433 g/mol. The van der Waals surface area contributed by atoms with Crippen LogP contribution in [0.1, 0.15) is 30.9 Å². The van der Waals surface area contributed by atoms with Gasteiger partial charge in [0.25, 0.3) is 0 Å². The molecule has 1 fully saturated rings. The van der Waals surface area contributed by atoms with Crippen LogP contribution in [0.5, 0.6) is 0 Å². The maximum absolute atomic E-state index is 12.1. The summed E-state index contributed by atoms with van der Waals surface area (Å²) in [7, 11) is 0. The van der Waals surface area contributed by atoms with E-state index in [1.54, 1.807) is 6.20 Å². The first-order valence-electron chi connectivity index (χ1n) is 9.24. The molecule has 1 amide bonds. The van der Waals surface area contributed by atoms with E-state index in [1.807, 2.05) is 46.1 Å². The second-order valence-electron chi connectivity index (χ2n) is 6.86. The first kappa shape index (κ1) is 23.4. The van der Waals surface area contributed by atoms with Crippen molar-refractivity contribution in [3.05, 3.63) is 53.4 Å². The highest BCUT2D eigenvalue weighted by atomic mass is 35.5. The molecule has 0 unspecified atom stereocenters. The summed E-state index contributed by atoms with van der Waals surface area (Å²) in [5, 5.41) is 6.74. The zero-order valence-electron chi connectivity index (χ0n) is 15.8. The zero-order valence-corrected chi connectivity index (χ0v) is 18.2. The Hall–Kier alpha value is -1.86. The van der Waals surface area contributed by atoms with Gasteiger partial charge in [-0.15, -0.1) is 24.8 Å². The Morgan fingerprint density at radius 1 is 1.14 bits per heavy atom. The minimum absolute atomic E-state index is 0. The van der Waals surface area contributed by atoms with Gasteiger partial charge in [-0.1, -0.05) is 11.6 Å². The highest BCUT2D eigenvalue weighted by molar-refractivity contribution is 6.30. The largest absolute Gasteiger partial charge is 0.343 e. The molecular formula is C20H24Cl3N5O. The number of piperidine rings is 1. The van der Waals surface area contributed by atoms with E-state index in [0.717, 1.165) is 48.2 Å². The molecule has 2 aromatic heterocycles. The molecule has 1 saturated heterocycles. The van der Waals surface area contributed by atoms with E-state index in [9.17, 15) is 4.79 Å². The fraction of sp³-hybridized carbons (Fsp3) is 0.350. The quantitative estimate of drug-likeness (QED) is 0.644. The summed E-state index contributed by atoms with van der Waals surface area (Å²) < 4.78 is 1.93. The highest BCUT2D eigenvalue weighted by Crippen LogP contribution is 2.33. The molecule has 156 valence electrons. The van der Waals surface area contributed by atoms with E-state index in [4.69, 9.17) is 22.4 Å². The van der Waals surface area contributed by atoms with Gasteiger partial charge in [0.2, 0.25) is 5.91 Å². The lowest BCUT2D eigenvalue weighted by Crippen LogP contribution is -2.38. The first-order valence-corrected chi connectivity index (χ1v) is 9.61. The summed E-state index contributed by atoms with van der Waals surface area (Å²) in [6, 6.07) is 9.67. The molecule has 0 saturated carbocycles. The molecule has 3 heterocycles. The number of carbonyl (C=O) groups is 1. The van der Waals surface area contributed by atoms with Gasteiger partial charge in [-0.25, -0.2) is 4.68 Å². The fourth-order valence-corrected chi connectivity index (χ4v) is 3.88. The monoisotopic (exact) mass is 455 g/mol. The summed E-state index contributed by atoms with van der Waals surface area (Å²) >= 11 is 6.02. The SMILES string of the molecule is Cl.Cl.NCCC(=O)N1CCC(c2nn(-c3ccc(Cl)cc3)c3cnccc23)CC1. The standard InChI is InChI=1S/C20H22ClN5O.2ClH/c21-15-1-3-16(4-2-15)26-18-13-23-10-6-17(18)20(24-26)14-7-11-25(12-8-14)19(27)5-9-22;;/h1-4,6,10,13-14H,5,7-9,11-12,22H2;2*1H. The van der Waals surface area contributed by atoms with E-state index < -0.39 is 0 Å². The number of benzene rings is 1. The number of likely N-dealkylation sites (tertiary alicyclic amines) is 1. The zero-order chi connectivity index (χ0) is 18.8. The number of aromatic nitrogens is 3. The lowest BCUT2D eigenvalue weighted by Gasteiger charge is -2.31. The van der Waals surface area contributed by atoms with E-state index in [2.05, 4.69) is 4.98 Å². The van der Waals surface area contributed by atoms with E-state index in [1.165, 1.54) is 0 Å². The molecule has 0 spiro atoms. The van der Waals surface area contributed by atoms with Gasteiger partial charge >= 0.3 is 0 Å². The van der Waals surface area contributed by atoms with E-state index in [0.29, 0.717) is 23.9 Å². The minimum atomic E-state index is 0. The summed E-state index contributed by atoms with van der Waals surface area (Å²) in [5.41, 5.74) is 8.53. The van der Waals surface area contributed by atoms with Gasteiger partial charge < -0.3 is 10.6 Å². The summed E-state index contributed by atoms with van der Waals surface area (Å²) in [6.07, 6.45) is 5.89. The average Bonchev–Trinajstić information content (AvgIpc) is 3.09. The van der Waals surface area contributed by atoms with Crippen LogP contribution in [0.3, 0.4) is 0 Å². The van der Waals surface area contributed by atoms with Crippen LogP contribution in [0.2, 0.25) is 5.02 Å². The Morgan fingerprint density at radius 3 is 2.48 bits per heavy atom. The maximum atomic E-state index is 12.1. The predicted octanol–water partition coefficient (Wildman–Crippen LogP) is 3.97. The number of fused-ring (bicyclic) bond motifs is 1. The van der Waals surface area contributed by atoms with Crippen molar-refractivity contribution in [2.45, 2.75) is 25.2 Å². The molecule has 4 rings (SSSR count). The second-order valence-corrected chi connectivity index (χ2v) is 7.30. The maximum Gasteiger partial charge on any atom is 0.223 e. The Kier molecular flexibility index (Phi) is 8.28. The smallest absolute Gasteiger partial charge is 0.223 e. The Balaban J connectivity index is 0.00000150. The van der Waals surface area contributed by atoms with E-state index >= 15 is 0 Å². The van der Waals surface area contributed by atoms with Gasteiger partial charge in [0.1, 0.15) is 0 Å². The van der Waals surface area contributed by atoms with Gasteiger partial charge in [-0.05, 0) is 43.2 Å². The van der Waals surface area contributed by atoms with Crippen LogP contribution in [0.25, 0.3) is 16.6 Å². The third kappa shape index (κ3) is 4.83. The van der Waals surface area contributed by atoms with Crippen molar-refractivity contribution in [1.29, 1.82) is 0 Å². The lowest BCUT2D eigenvalue weighted by atomic mass is 9.92. The third-order valence-corrected chi connectivity index (χ3v) is 5.43. The molecule has 0 atom stereocenters. The van der Waals surface area contributed by atoms with Gasteiger partial charge in [-0.3, -0.25) is 9.78 Å². The fourth-order valence-electron chi connectivity index (χ4n) is 3.75. The van der Waals surface area contributed by atoms with Crippen molar-refractivity contribution in [3.63, 3.8) is 0 Å². The number of nitrogens with two attached hydrogens (primary N) is 1. The minimum Gasteiger partial charge on any atom is -0.343 e. The number of halogens is 3. The molecule has 9 heteroatoms. The average molecular weight is 457 g/mol. The molecule has 29 heavy (non-hydrogen) atoms. The van der Waals surface area contributed by atoms with Crippen molar-refractivity contribution in [2.24, 2.45) is 5.73 Å². The van der Waals surface area contributed by atoms with Crippen molar-refractivity contribution in [3.8, 4) is 5.69 Å². The van der Waals surface area contributed by atoms with Crippen LogP contribution in [-0.4, -0.2) is 45.2 Å². The van der Waals surface area contributed by atoms with Crippen LogP contribution >= 0.6 is 36.4 Å². The van der Waals surface area contributed by atoms with Gasteiger partial charge in [0.15, 0.2) is 0 Å². The molecule has 3 aromatic rings. The molecule has 6 nitrogen and oxygen atoms in total. The summed E-state index contributed by atoms with van der Waals surface area (Å²) in [5.74, 6) is 0.474. The van der Waals surface area contributed by atoms with Crippen molar-refractivity contribution < 1.29 is 4.79 Å². The van der Waals surface area contributed by atoms with Crippen molar-refractivity contribution in [1.82, 2.24) is 19.7 Å². The highest BCUT2D eigenvalue weighted by Gasteiger charge is 2.27. The van der Waals surface area contributed by atoms with Crippen LogP contribution in [0, 0.1) is 0 Å². The van der Waals surface area contributed by atoms with Crippen molar-refractivity contribution in [2.75, 3.05) is 19.6 Å². The number of hydrogen-bond acceptors (Lipinski definition) is 4. The Bertz CT molecular complexity index is 952. The van der Waals surface area contributed by atoms with Gasteiger partial charge in [0, 0.05) is 48.6 Å². The lowest BCUT2D eigenvalue weighted by molar-refractivity contribution is -0.132. The molecule has 0 radical (unpaired) electrons. The van der Waals surface area contributed by atoms with Crippen molar-refractivity contribution >= 4 is 53.2 Å². The molecule has 1 aliphatic rings. The number of nitrogens with zero attached hydrogens (tertiary/aromatic N) is 4. The number of pyridine rings is 1. The van der Waals surface area contributed by atoms with Gasteiger partial charge in [0.05, 0.1) is 23.1 Å². The molecule has 0 aliphatic carbocycles. The van der Waals surface area contributed by atoms with Gasteiger partial charge in [-0.2, -0.15) is 5.10 Å². The predicted molar refractivity (Wildman–Crippen MR) is 121 cm³/mol. The number of rotatable bonds is 4. The Morgan fingerprint density at radius 2 is 1.83 bits per heavy atom. The third-order valence-electron chi connectivity index (χ3n) is 5.18. The van der Waals surface area contributed by atoms with Crippen LogP contribution < -0.4 is 5.73 Å². The molecule has 0 bridgehead atoms. The summed E-state index contributed by atoms with van der Waals surface area (Å²) in [4.78, 5) is 18.3. The van der Waals surface area contributed by atoms with E-state index in [-0.39, 0.29) is 30.7 Å². The van der Waals surface area contributed by atoms with Crippen LogP contribution in [0.15, 0.2) is 42.7 Å². The number of amides is 1. The van der Waals surface area contributed by atoms with Crippen LogP contribution in [0.4, 0.5) is 0 Å². The Labute approximate surface area is 187 Å². The normalized spacial score (nSPS) is 14.3. The molecule has 1 aromatic carbocycles. The second kappa shape index (κ2) is 10.3.